The van der Waals surface area contributed by atoms with Gasteiger partial charge in [0.05, 0.1) is 23.4 Å². The predicted molar refractivity (Wildman–Crippen MR) is 99.1 cm³/mol. The Balaban J connectivity index is 2.04. The molecule has 130 valence electrons. The fourth-order valence-electron chi connectivity index (χ4n) is 3.62. The summed E-state index contributed by atoms with van der Waals surface area (Å²) in [4.78, 5) is 42.3. The van der Waals surface area contributed by atoms with Gasteiger partial charge in [0.1, 0.15) is 11.6 Å². The Hall–Kier alpha value is -3.08. The van der Waals surface area contributed by atoms with Crippen molar-refractivity contribution < 1.29 is 9.59 Å². The van der Waals surface area contributed by atoms with E-state index in [0.29, 0.717) is 29.6 Å². The summed E-state index contributed by atoms with van der Waals surface area (Å²) in [5, 5.41) is 0.525. The van der Waals surface area contributed by atoms with Gasteiger partial charge in [0, 0.05) is 12.0 Å². The van der Waals surface area contributed by atoms with E-state index in [0.717, 1.165) is 11.1 Å². The number of Topliss-reactive ketones (excluding diaryl/α,β-unsaturated/α-hetero) is 2. The van der Waals surface area contributed by atoms with Gasteiger partial charge in [-0.2, -0.15) is 0 Å². The van der Waals surface area contributed by atoms with Crippen LogP contribution in [-0.2, 0) is 9.59 Å². The lowest BCUT2D eigenvalue weighted by Gasteiger charge is -2.25. The SMILES string of the molecule is Cc1cccc2nc(-c3ccccc3)n(C3CCC(=O)CC3=O)c(=O)c12. The molecule has 1 aliphatic carbocycles. The van der Waals surface area contributed by atoms with E-state index >= 15 is 0 Å². The molecule has 0 radical (unpaired) electrons. The Morgan fingerprint density at radius 3 is 2.50 bits per heavy atom. The van der Waals surface area contributed by atoms with Gasteiger partial charge in [-0.25, -0.2) is 4.98 Å². The van der Waals surface area contributed by atoms with Crippen molar-refractivity contribution in [3.8, 4) is 11.4 Å². The van der Waals surface area contributed by atoms with Crippen molar-refractivity contribution in [2.75, 3.05) is 0 Å². The van der Waals surface area contributed by atoms with Gasteiger partial charge < -0.3 is 0 Å². The molecule has 0 saturated heterocycles. The number of hydrogen-bond donors (Lipinski definition) is 0. The number of rotatable bonds is 2. The molecule has 1 fully saturated rings. The third-order valence-electron chi connectivity index (χ3n) is 4.92. The van der Waals surface area contributed by atoms with E-state index in [2.05, 4.69) is 0 Å². The predicted octanol–water partition coefficient (Wildman–Crippen LogP) is 3.24. The van der Waals surface area contributed by atoms with Gasteiger partial charge in [-0.15, -0.1) is 0 Å². The van der Waals surface area contributed by atoms with E-state index in [1.807, 2.05) is 55.5 Å². The molecule has 5 nitrogen and oxygen atoms in total. The van der Waals surface area contributed by atoms with Crippen molar-refractivity contribution in [3.63, 3.8) is 0 Å². The molecule has 0 spiro atoms. The molecule has 2 aromatic carbocycles. The molecule has 0 N–H and O–H groups in total. The van der Waals surface area contributed by atoms with Crippen LogP contribution in [-0.4, -0.2) is 21.1 Å². The number of aromatic nitrogens is 2. The van der Waals surface area contributed by atoms with Gasteiger partial charge in [0.25, 0.3) is 5.56 Å². The largest absolute Gasteiger partial charge is 0.299 e. The van der Waals surface area contributed by atoms with E-state index < -0.39 is 6.04 Å². The van der Waals surface area contributed by atoms with Crippen LogP contribution in [0, 0.1) is 6.92 Å². The topological polar surface area (TPSA) is 69.0 Å². The van der Waals surface area contributed by atoms with Crippen LogP contribution in [0.1, 0.15) is 30.9 Å². The monoisotopic (exact) mass is 346 g/mol. The highest BCUT2D eigenvalue weighted by atomic mass is 16.2. The fraction of sp³-hybridized carbons (Fsp3) is 0.238. The van der Waals surface area contributed by atoms with Crippen LogP contribution in [0.15, 0.2) is 53.3 Å². The first-order valence-corrected chi connectivity index (χ1v) is 8.68. The molecule has 4 rings (SSSR count). The number of ketones is 2. The minimum atomic E-state index is -0.646. The van der Waals surface area contributed by atoms with Crippen LogP contribution >= 0.6 is 0 Å². The van der Waals surface area contributed by atoms with Crippen molar-refractivity contribution in [2.45, 2.75) is 32.2 Å². The molecule has 1 atom stereocenters. The zero-order valence-electron chi connectivity index (χ0n) is 14.4. The van der Waals surface area contributed by atoms with E-state index in [-0.39, 0.29) is 23.5 Å². The maximum atomic E-state index is 13.4. The van der Waals surface area contributed by atoms with E-state index in [1.165, 1.54) is 4.57 Å². The highest BCUT2D eigenvalue weighted by Crippen LogP contribution is 2.28. The second-order valence-corrected chi connectivity index (χ2v) is 6.68. The van der Waals surface area contributed by atoms with Crippen LogP contribution < -0.4 is 5.56 Å². The van der Waals surface area contributed by atoms with Crippen molar-refractivity contribution in [2.24, 2.45) is 0 Å². The summed E-state index contributed by atoms with van der Waals surface area (Å²) in [6.45, 7) is 1.87. The van der Waals surface area contributed by atoms with E-state index in [1.54, 1.807) is 0 Å². The third-order valence-corrected chi connectivity index (χ3v) is 4.92. The lowest BCUT2D eigenvalue weighted by atomic mass is 9.92. The number of carbonyl (C=O) groups excluding carboxylic acids is 2. The zero-order chi connectivity index (χ0) is 18.3. The summed E-state index contributed by atoms with van der Waals surface area (Å²) >= 11 is 0. The third kappa shape index (κ3) is 2.65. The van der Waals surface area contributed by atoms with E-state index in [9.17, 15) is 14.4 Å². The molecule has 0 bridgehead atoms. The quantitative estimate of drug-likeness (QED) is 0.668. The normalized spacial score (nSPS) is 17.7. The maximum absolute atomic E-state index is 13.4. The molecule has 1 saturated carbocycles. The van der Waals surface area contributed by atoms with Crippen LogP contribution in [0.2, 0.25) is 0 Å². The Kier molecular flexibility index (Phi) is 3.99. The number of fused-ring (bicyclic) bond motifs is 1. The average molecular weight is 346 g/mol. The van der Waals surface area contributed by atoms with Gasteiger partial charge in [0.2, 0.25) is 0 Å². The Bertz CT molecular complexity index is 1080. The van der Waals surface area contributed by atoms with Gasteiger partial charge in [0.15, 0.2) is 5.78 Å². The van der Waals surface area contributed by atoms with Crippen molar-refractivity contribution >= 4 is 22.5 Å². The van der Waals surface area contributed by atoms with Crippen LogP contribution in [0.3, 0.4) is 0 Å². The number of carbonyl (C=O) groups is 2. The molecule has 1 aliphatic rings. The molecular weight excluding hydrogens is 328 g/mol. The van der Waals surface area contributed by atoms with Crippen LogP contribution in [0.4, 0.5) is 0 Å². The second kappa shape index (κ2) is 6.33. The number of benzene rings is 2. The van der Waals surface area contributed by atoms with Gasteiger partial charge in [-0.05, 0) is 25.0 Å². The summed E-state index contributed by atoms with van der Waals surface area (Å²) in [6, 6.07) is 14.3. The smallest absolute Gasteiger partial charge is 0.262 e. The summed E-state index contributed by atoms with van der Waals surface area (Å²) < 4.78 is 1.50. The van der Waals surface area contributed by atoms with Crippen LogP contribution in [0.25, 0.3) is 22.3 Å². The summed E-state index contributed by atoms with van der Waals surface area (Å²) in [7, 11) is 0. The summed E-state index contributed by atoms with van der Waals surface area (Å²) in [6.07, 6.45) is 0.538. The molecule has 1 unspecified atom stereocenters. The number of aryl methyl sites for hydroxylation is 1. The standard InChI is InChI=1S/C21H18N2O3/c1-13-6-5-9-16-19(13)21(26)23(17-11-10-15(24)12-18(17)25)20(22-16)14-7-3-2-4-8-14/h2-9,17H,10-12H2,1H3. The molecule has 26 heavy (non-hydrogen) atoms. The maximum Gasteiger partial charge on any atom is 0.262 e. The Morgan fingerprint density at radius 1 is 1.00 bits per heavy atom. The first-order valence-electron chi connectivity index (χ1n) is 8.68. The lowest BCUT2D eigenvalue weighted by molar-refractivity contribution is -0.132. The Morgan fingerprint density at radius 2 is 1.77 bits per heavy atom. The molecule has 1 aromatic heterocycles. The summed E-state index contributed by atoms with van der Waals surface area (Å²) in [5.74, 6) is 0.196. The number of nitrogens with zero attached hydrogens (tertiary/aromatic N) is 2. The molecule has 5 heteroatoms. The van der Waals surface area contributed by atoms with Crippen molar-refractivity contribution in [1.82, 2.24) is 9.55 Å². The minimum Gasteiger partial charge on any atom is -0.299 e. The number of hydrogen-bond acceptors (Lipinski definition) is 4. The van der Waals surface area contributed by atoms with Gasteiger partial charge >= 0.3 is 0 Å². The van der Waals surface area contributed by atoms with Crippen molar-refractivity contribution in [1.29, 1.82) is 0 Å². The molecule has 3 aromatic rings. The average Bonchev–Trinajstić information content (AvgIpc) is 2.63. The van der Waals surface area contributed by atoms with Gasteiger partial charge in [-0.3, -0.25) is 19.0 Å². The lowest BCUT2D eigenvalue weighted by Crippen LogP contribution is -2.36. The minimum absolute atomic E-state index is 0.0644. The fourth-order valence-corrected chi connectivity index (χ4v) is 3.62. The molecular formula is C21H18N2O3. The van der Waals surface area contributed by atoms with Gasteiger partial charge in [-0.1, -0.05) is 42.5 Å². The first-order chi connectivity index (χ1) is 12.6. The highest BCUT2D eigenvalue weighted by Gasteiger charge is 2.31. The zero-order valence-corrected chi connectivity index (χ0v) is 14.4. The summed E-state index contributed by atoms with van der Waals surface area (Å²) in [5.41, 5.74) is 1.99. The van der Waals surface area contributed by atoms with Crippen molar-refractivity contribution in [3.05, 3.63) is 64.4 Å². The van der Waals surface area contributed by atoms with Crippen LogP contribution in [0.5, 0.6) is 0 Å². The van der Waals surface area contributed by atoms with E-state index in [4.69, 9.17) is 4.98 Å². The molecule has 0 aliphatic heterocycles. The second-order valence-electron chi connectivity index (χ2n) is 6.68. The molecule has 0 amide bonds. The Labute approximate surface area is 150 Å². The highest BCUT2D eigenvalue weighted by molar-refractivity contribution is 6.03. The first kappa shape index (κ1) is 16.4. The molecule has 1 heterocycles.